The van der Waals surface area contributed by atoms with Gasteiger partial charge in [0.05, 0.1) is 39.5 Å². The van der Waals surface area contributed by atoms with Crippen LogP contribution in [0.4, 0.5) is 18.9 Å². The van der Waals surface area contributed by atoms with Gasteiger partial charge in [0.25, 0.3) is 11.5 Å². The third kappa shape index (κ3) is 5.33. The van der Waals surface area contributed by atoms with E-state index in [4.69, 9.17) is 23.2 Å². The van der Waals surface area contributed by atoms with Gasteiger partial charge in [0.1, 0.15) is 5.75 Å². The Balaban J connectivity index is 1.71. The smallest absolute Gasteiger partial charge is 0.505 e. The molecule has 12 heteroatoms. The first kappa shape index (κ1) is 24.4. The molecule has 0 aliphatic heterocycles. The number of hydrogen-bond acceptors (Lipinski definition) is 5. The summed E-state index contributed by atoms with van der Waals surface area (Å²) in [6.45, 7) is -0.264. The van der Waals surface area contributed by atoms with Gasteiger partial charge in [0.15, 0.2) is 5.75 Å². The van der Waals surface area contributed by atoms with E-state index in [1.54, 1.807) is 12.1 Å². The summed E-state index contributed by atoms with van der Waals surface area (Å²) in [5.41, 5.74) is -0.111. The molecular formula is C23H14Cl2F3N3O4. The quantitative estimate of drug-likeness (QED) is 0.354. The number of carbonyl (C=O) groups is 1. The molecule has 3 aromatic carbocycles. The first-order valence-corrected chi connectivity index (χ1v) is 10.6. The first-order valence-electron chi connectivity index (χ1n) is 9.84. The molecule has 180 valence electrons. The van der Waals surface area contributed by atoms with Crippen LogP contribution in [-0.4, -0.2) is 26.9 Å². The molecule has 1 heterocycles. The minimum atomic E-state index is -4.90. The fourth-order valence-corrected chi connectivity index (χ4v) is 3.84. The summed E-state index contributed by atoms with van der Waals surface area (Å²) in [6.07, 6.45) is -3.71. The number of aromatic nitrogens is 2. The van der Waals surface area contributed by atoms with Gasteiger partial charge in [0, 0.05) is 11.1 Å². The van der Waals surface area contributed by atoms with Gasteiger partial charge in [-0.1, -0.05) is 47.5 Å². The van der Waals surface area contributed by atoms with E-state index in [0.29, 0.717) is 0 Å². The van der Waals surface area contributed by atoms with Gasteiger partial charge < -0.3 is 15.2 Å². The number of nitrogens with one attached hydrogen (secondary N) is 1. The number of amides is 1. The third-order valence-electron chi connectivity index (χ3n) is 4.92. The second kappa shape index (κ2) is 9.47. The van der Waals surface area contributed by atoms with E-state index in [1.165, 1.54) is 42.7 Å². The Morgan fingerprint density at radius 2 is 1.77 bits per heavy atom. The fourth-order valence-electron chi connectivity index (χ4n) is 3.35. The molecule has 35 heavy (non-hydrogen) atoms. The predicted octanol–water partition coefficient (Wildman–Crippen LogP) is 5.61. The molecule has 0 unspecified atom stereocenters. The van der Waals surface area contributed by atoms with Crippen LogP contribution in [-0.2, 0) is 6.54 Å². The number of ether oxygens (including phenoxy) is 1. The van der Waals surface area contributed by atoms with Crippen molar-refractivity contribution in [3.63, 3.8) is 0 Å². The molecule has 0 aliphatic carbocycles. The van der Waals surface area contributed by atoms with Gasteiger partial charge in [-0.25, -0.2) is 4.98 Å². The van der Waals surface area contributed by atoms with Crippen LogP contribution in [0.1, 0.15) is 15.9 Å². The standard InChI is InChI=1S/C23H14Cl2F3N3O4/c24-14-8-13(9-15(25)20(14)32)21(33)30-17-6-3-5-16-19(17)22(34)31(11-29-16)10-12-4-1-2-7-18(12)35-23(26,27)28/h1-9,11,32H,10H2,(H,30,33). The molecule has 0 saturated carbocycles. The highest BCUT2D eigenvalue weighted by Gasteiger charge is 2.32. The summed E-state index contributed by atoms with van der Waals surface area (Å²) in [5, 5.41) is 12.0. The Bertz CT molecular complexity index is 1480. The van der Waals surface area contributed by atoms with Crippen LogP contribution >= 0.6 is 23.2 Å². The minimum absolute atomic E-state index is 0.0252. The molecule has 0 spiro atoms. The fraction of sp³-hybridized carbons (Fsp3) is 0.0870. The zero-order valence-electron chi connectivity index (χ0n) is 17.4. The van der Waals surface area contributed by atoms with Crippen LogP contribution in [0.3, 0.4) is 0 Å². The number of anilines is 1. The van der Waals surface area contributed by atoms with Gasteiger partial charge in [-0.15, -0.1) is 13.2 Å². The van der Waals surface area contributed by atoms with E-state index >= 15 is 0 Å². The number of halogens is 5. The Morgan fingerprint density at radius 1 is 1.09 bits per heavy atom. The Hall–Kier alpha value is -3.76. The molecule has 0 bridgehead atoms. The number of aromatic hydroxyl groups is 1. The monoisotopic (exact) mass is 523 g/mol. The van der Waals surface area contributed by atoms with Crippen molar-refractivity contribution in [3.05, 3.63) is 92.5 Å². The minimum Gasteiger partial charge on any atom is -0.505 e. The SMILES string of the molecule is O=C(Nc1cccc2ncn(Cc3ccccc3OC(F)(F)F)c(=O)c12)c1cc(Cl)c(O)c(Cl)c1. The summed E-state index contributed by atoms with van der Waals surface area (Å²) in [7, 11) is 0. The average Bonchev–Trinajstić information content (AvgIpc) is 2.79. The van der Waals surface area contributed by atoms with Crippen molar-refractivity contribution < 1.29 is 27.8 Å². The van der Waals surface area contributed by atoms with Crippen LogP contribution in [0, 0.1) is 0 Å². The summed E-state index contributed by atoms with van der Waals surface area (Å²) in [5.74, 6) is -1.49. The molecular weight excluding hydrogens is 510 g/mol. The molecule has 7 nitrogen and oxygen atoms in total. The number of alkyl halides is 3. The number of nitrogens with zero attached hydrogens (tertiary/aromatic N) is 2. The lowest BCUT2D eigenvalue weighted by molar-refractivity contribution is -0.274. The largest absolute Gasteiger partial charge is 0.573 e. The van der Waals surface area contributed by atoms with E-state index < -0.39 is 23.6 Å². The number of fused-ring (bicyclic) bond motifs is 1. The molecule has 1 aromatic heterocycles. The molecule has 0 aliphatic rings. The zero-order valence-corrected chi connectivity index (χ0v) is 18.9. The van der Waals surface area contributed by atoms with Crippen molar-refractivity contribution in [1.82, 2.24) is 9.55 Å². The maximum atomic E-state index is 13.3. The van der Waals surface area contributed by atoms with E-state index in [1.807, 2.05) is 0 Å². The van der Waals surface area contributed by atoms with Gasteiger partial charge in [-0.05, 0) is 30.3 Å². The highest BCUT2D eigenvalue weighted by molar-refractivity contribution is 6.37. The van der Waals surface area contributed by atoms with Crippen LogP contribution < -0.4 is 15.6 Å². The third-order valence-corrected chi connectivity index (χ3v) is 5.50. The molecule has 0 radical (unpaired) electrons. The van der Waals surface area contributed by atoms with Crippen molar-refractivity contribution in [1.29, 1.82) is 0 Å². The second-order valence-electron chi connectivity index (χ2n) is 7.28. The molecule has 4 aromatic rings. The molecule has 0 atom stereocenters. The van der Waals surface area contributed by atoms with Crippen LogP contribution in [0.5, 0.6) is 11.5 Å². The topological polar surface area (TPSA) is 93.5 Å². The maximum absolute atomic E-state index is 13.3. The van der Waals surface area contributed by atoms with Crippen molar-refractivity contribution in [2.24, 2.45) is 0 Å². The first-order chi connectivity index (χ1) is 16.5. The maximum Gasteiger partial charge on any atom is 0.573 e. The predicted molar refractivity (Wildman–Crippen MR) is 124 cm³/mol. The van der Waals surface area contributed by atoms with E-state index in [0.717, 1.165) is 10.6 Å². The molecule has 0 fully saturated rings. The summed E-state index contributed by atoms with van der Waals surface area (Å²) < 4.78 is 43.4. The summed E-state index contributed by atoms with van der Waals surface area (Å²) in [6, 6.07) is 12.4. The highest BCUT2D eigenvalue weighted by Crippen LogP contribution is 2.33. The summed E-state index contributed by atoms with van der Waals surface area (Å²) in [4.78, 5) is 30.2. The number of rotatable bonds is 5. The van der Waals surface area contributed by atoms with Gasteiger partial charge in [0.2, 0.25) is 0 Å². The summed E-state index contributed by atoms with van der Waals surface area (Å²) >= 11 is 11.8. The van der Waals surface area contributed by atoms with Crippen molar-refractivity contribution in [2.75, 3.05) is 5.32 Å². The number of para-hydroxylation sites is 1. The average molecular weight is 524 g/mol. The van der Waals surface area contributed by atoms with E-state index in [-0.39, 0.29) is 50.1 Å². The lowest BCUT2D eigenvalue weighted by atomic mass is 10.1. The molecule has 4 rings (SSSR count). The Kier molecular flexibility index (Phi) is 6.60. The molecule has 2 N–H and O–H groups in total. The normalized spacial score (nSPS) is 11.5. The number of phenols is 1. The highest BCUT2D eigenvalue weighted by atomic mass is 35.5. The van der Waals surface area contributed by atoms with E-state index in [2.05, 4.69) is 15.0 Å². The van der Waals surface area contributed by atoms with E-state index in [9.17, 15) is 27.9 Å². The Morgan fingerprint density at radius 3 is 2.46 bits per heavy atom. The van der Waals surface area contributed by atoms with Crippen molar-refractivity contribution in [2.45, 2.75) is 12.9 Å². The molecule has 1 amide bonds. The van der Waals surface area contributed by atoms with Gasteiger partial charge in [-0.3, -0.25) is 14.2 Å². The van der Waals surface area contributed by atoms with Crippen LogP contribution in [0.15, 0.2) is 65.7 Å². The number of hydrogen-bond donors (Lipinski definition) is 2. The zero-order chi connectivity index (χ0) is 25.3. The number of phenolic OH excluding ortho intramolecular Hbond substituents is 1. The number of benzene rings is 3. The van der Waals surface area contributed by atoms with Crippen molar-refractivity contribution >= 4 is 45.7 Å². The van der Waals surface area contributed by atoms with Crippen LogP contribution in [0.25, 0.3) is 10.9 Å². The van der Waals surface area contributed by atoms with Crippen LogP contribution in [0.2, 0.25) is 10.0 Å². The van der Waals surface area contributed by atoms with Crippen molar-refractivity contribution in [3.8, 4) is 11.5 Å². The second-order valence-corrected chi connectivity index (χ2v) is 8.09. The van der Waals surface area contributed by atoms with Gasteiger partial charge in [-0.2, -0.15) is 0 Å². The van der Waals surface area contributed by atoms with Gasteiger partial charge >= 0.3 is 6.36 Å². The Labute approximate surface area is 205 Å². The number of carbonyl (C=O) groups excluding carboxylic acids is 1. The lowest BCUT2D eigenvalue weighted by Crippen LogP contribution is -2.24. The lowest BCUT2D eigenvalue weighted by Gasteiger charge is -2.15. The molecule has 0 saturated heterocycles.